The van der Waals surface area contributed by atoms with Crippen LogP contribution in [0.25, 0.3) is 22.3 Å². The highest BCUT2D eigenvalue weighted by atomic mass is 32.2. The number of benzene rings is 3. The van der Waals surface area contributed by atoms with Crippen LogP contribution in [0.5, 0.6) is 0 Å². The number of ether oxygens (including phenoxy) is 4. The molecule has 0 atom stereocenters. The fourth-order valence-corrected chi connectivity index (χ4v) is 4.92. The third-order valence-corrected chi connectivity index (χ3v) is 6.83. The van der Waals surface area contributed by atoms with E-state index in [0.29, 0.717) is 45.5 Å². The summed E-state index contributed by atoms with van der Waals surface area (Å²) in [6, 6.07) is 18.0. The van der Waals surface area contributed by atoms with E-state index in [1.165, 1.54) is 18.5 Å². The first-order valence-corrected chi connectivity index (χ1v) is 13.6. The average Bonchev–Trinajstić information content (AvgIpc) is 2.99. The molecule has 3 aromatic carbocycles. The van der Waals surface area contributed by atoms with Crippen LogP contribution in [-0.4, -0.2) is 55.9 Å². The van der Waals surface area contributed by atoms with Gasteiger partial charge in [-0.3, -0.25) is 0 Å². The monoisotopic (exact) mass is 580 g/mol. The van der Waals surface area contributed by atoms with Crippen molar-refractivity contribution in [3.63, 3.8) is 0 Å². The van der Waals surface area contributed by atoms with Crippen molar-refractivity contribution in [2.75, 3.05) is 27.4 Å². The van der Waals surface area contributed by atoms with Crippen LogP contribution >= 0.6 is 12.1 Å². The third kappa shape index (κ3) is 7.17. The van der Waals surface area contributed by atoms with Gasteiger partial charge in [0, 0.05) is 11.1 Å². The molecule has 0 aliphatic rings. The Kier molecular flexibility index (Phi) is 11.2. The van der Waals surface area contributed by atoms with Crippen molar-refractivity contribution in [2.24, 2.45) is 0 Å². The molecule has 0 heterocycles. The van der Waals surface area contributed by atoms with Gasteiger partial charge in [0.25, 0.3) is 0 Å². The Morgan fingerprint density at radius 3 is 1.73 bits per heavy atom. The van der Waals surface area contributed by atoms with E-state index in [1.54, 1.807) is 45.0 Å². The topological polar surface area (TPSA) is 120 Å². The number of esters is 2. The van der Waals surface area contributed by atoms with Crippen molar-refractivity contribution in [1.29, 1.82) is 0 Å². The Balaban J connectivity index is 2.42. The molecule has 2 amide bonds. The summed E-state index contributed by atoms with van der Waals surface area (Å²) in [7, 11) is 2.47. The summed E-state index contributed by atoms with van der Waals surface area (Å²) >= 11 is 0.688. The maximum atomic E-state index is 13.5. The van der Waals surface area contributed by atoms with Crippen LogP contribution in [0.1, 0.15) is 45.7 Å². The van der Waals surface area contributed by atoms with Crippen LogP contribution < -0.4 is 4.72 Å². The number of hydrogen-bond donors (Lipinski definition) is 1. The molecule has 216 valence electrons. The standard InChI is InChI=1S/C30H32N2O8S/c1-6-39-29(35)31-41-32(30(36)40-7-2)18-22-19(3)23(20-14-10-8-11-15-20)25(27(33)37-4)26(28(34)38-5)24(22)21-16-12-9-13-17-21/h8-17H,6-7,18H2,1-5H3,(H,31,35). The third-order valence-electron chi connectivity index (χ3n) is 6.07. The molecule has 41 heavy (non-hydrogen) atoms. The van der Waals surface area contributed by atoms with E-state index in [4.69, 9.17) is 18.9 Å². The summed E-state index contributed by atoms with van der Waals surface area (Å²) in [5, 5.41) is 0. The van der Waals surface area contributed by atoms with Crippen molar-refractivity contribution in [3.05, 3.63) is 82.9 Å². The first-order valence-electron chi connectivity index (χ1n) is 12.8. The van der Waals surface area contributed by atoms with Gasteiger partial charge in [-0.05, 0) is 43.0 Å². The van der Waals surface area contributed by atoms with Crippen LogP contribution in [0.15, 0.2) is 60.7 Å². The lowest BCUT2D eigenvalue weighted by Crippen LogP contribution is -2.31. The number of carbonyl (C=O) groups excluding carboxylic acids is 4. The van der Waals surface area contributed by atoms with Crippen LogP contribution in [0.2, 0.25) is 0 Å². The molecule has 0 aliphatic heterocycles. The molecular weight excluding hydrogens is 548 g/mol. The molecule has 0 saturated heterocycles. The minimum atomic E-state index is -0.761. The predicted molar refractivity (Wildman–Crippen MR) is 155 cm³/mol. The van der Waals surface area contributed by atoms with Gasteiger partial charge in [0.2, 0.25) is 0 Å². The first kappa shape index (κ1) is 31.0. The summed E-state index contributed by atoms with van der Waals surface area (Å²) in [5.41, 5.74) is 3.21. The summed E-state index contributed by atoms with van der Waals surface area (Å²) in [6.45, 7) is 5.21. The van der Waals surface area contributed by atoms with Gasteiger partial charge in [-0.15, -0.1) is 0 Å². The predicted octanol–water partition coefficient (Wildman–Crippen LogP) is 6.17. The molecule has 0 fully saturated rings. The molecule has 0 bridgehead atoms. The highest BCUT2D eigenvalue weighted by Crippen LogP contribution is 2.42. The largest absolute Gasteiger partial charge is 0.465 e. The molecule has 0 aromatic heterocycles. The smallest absolute Gasteiger partial charge is 0.421 e. The Morgan fingerprint density at radius 2 is 1.24 bits per heavy atom. The van der Waals surface area contributed by atoms with Gasteiger partial charge in [-0.25, -0.2) is 28.2 Å². The van der Waals surface area contributed by atoms with Crippen molar-refractivity contribution in [2.45, 2.75) is 27.3 Å². The van der Waals surface area contributed by atoms with Gasteiger partial charge in [-0.2, -0.15) is 0 Å². The quantitative estimate of drug-likeness (QED) is 0.170. The number of carbonyl (C=O) groups is 4. The van der Waals surface area contributed by atoms with E-state index < -0.39 is 24.1 Å². The summed E-state index contributed by atoms with van der Waals surface area (Å²) in [6.07, 6.45) is -1.47. The second-order valence-corrected chi connectivity index (χ2v) is 9.30. The van der Waals surface area contributed by atoms with Gasteiger partial charge < -0.3 is 18.9 Å². The second kappa shape index (κ2) is 14.8. The van der Waals surface area contributed by atoms with Gasteiger partial charge in [0.05, 0.1) is 57.2 Å². The van der Waals surface area contributed by atoms with Gasteiger partial charge in [-0.1, -0.05) is 60.7 Å². The Hall–Kier alpha value is -4.51. The number of nitrogens with one attached hydrogen (secondary N) is 1. The number of hydrogen-bond acceptors (Lipinski definition) is 9. The molecule has 0 aliphatic carbocycles. The fourth-order valence-electron chi connectivity index (χ4n) is 4.35. The summed E-state index contributed by atoms with van der Waals surface area (Å²) in [5.74, 6) is -1.49. The molecule has 3 aromatic rings. The zero-order valence-electron chi connectivity index (χ0n) is 23.5. The Labute approximate surface area is 243 Å². The van der Waals surface area contributed by atoms with Crippen molar-refractivity contribution < 1.29 is 38.1 Å². The van der Waals surface area contributed by atoms with Crippen LogP contribution in [0, 0.1) is 6.92 Å². The summed E-state index contributed by atoms with van der Waals surface area (Å²) < 4.78 is 24.2. The number of amides is 2. The van der Waals surface area contributed by atoms with Crippen molar-refractivity contribution in [3.8, 4) is 22.3 Å². The molecular formula is C30H32N2O8S. The highest BCUT2D eigenvalue weighted by Gasteiger charge is 2.33. The SMILES string of the molecule is CCOC(=O)NSN(Cc1c(C)c(-c2ccccc2)c(C(=O)OC)c(C(=O)OC)c1-c1ccccc1)C(=O)OCC. The van der Waals surface area contributed by atoms with E-state index in [-0.39, 0.29) is 30.9 Å². The van der Waals surface area contributed by atoms with Crippen LogP contribution in [-0.2, 0) is 25.5 Å². The normalized spacial score (nSPS) is 10.4. The maximum Gasteiger partial charge on any atom is 0.421 e. The van der Waals surface area contributed by atoms with E-state index in [1.807, 2.05) is 36.4 Å². The minimum Gasteiger partial charge on any atom is -0.465 e. The van der Waals surface area contributed by atoms with Crippen molar-refractivity contribution in [1.82, 2.24) is 9.03 Å². The maximum absolute atomic E-state index is 13.5. The molecule has 1 N–H and O–H groups in total. The van der Waals surface area contributed by atoms with Crippen LogP contribution in [0.3, 0.4) is 0 Å². The van der Waals surface area contributed by atoms with Gasteiger partial charge in [0.15, 0.2) is 0 Å². The van der Waals surface area contributed by atoms with Crippen molar-refractivity contribution >= 4 is 36.3 Å². The zero-order chi connectivity index (χ0) is 29.9. The minimum absolute atomic E-state index is 0.0165. The first-order chi connectivity index (χ1) is 19.8. The second-order valence-electron chi connectivity index (χ2n) is 8.47. The molecule has 0 saturated carbocycles. The molecule has 0 radical (unpaired) electrons. The van der Waals surface area contributed by atoms with E-state index in [0.717, 1.165) is 0 Å². The number of nitrogens with zero attached hydrogens (tertiary/aromatic N) is 1. The lowest BCUT2D eigenvalue weighted by Gasteiger charge is -2.27. The van der Waals surface area contributed by atoms with Gasteiger partial charge in [0.1, 0.15) is 0 Å². The zero-order valence-corrected chi connectivity index (χ0v) is 24.3. The molecule has 3 rings (SSSR count). The van der Waals surface area contributed by atoms with E-state index >= 15 is 0 Å². The highest BCUT2D eigenvalue weighted by molar-refractivity contribution is 7.96. The fraction of sp³-hybridized carbons (Fsp3) is 0.267. The molecule has 11 heteroatoms. The number of methoxy groups -OCH3 is 2. The van der Waals surface area contributed by atoms with E-state index in [2.05, 4.69) is 4.72 Å². The molecule has 10 nitrogen and oxygen atoms in total. The number of rotatable bonds is 10. The lowest BCUT2D eigenvalue weighted by atomic mass is 9.81. The summed E-state index contributed by atoms with van der Waals surface area (Å²) in [4.78, 5) is 52.0. The Bertz CT molecular complexity index is 1400. The van der Waals surface area contributed by atoms with E-state index in [9.17, 15) is 19.2 Å². The lowest BCUT2D eigenvalue weighted by molar-refractivity contribution is 0.0556. The average molecular weight is 581 g/mol. The Morgan fingerprint density at radius 1 is 0.756 bits per heavy atom. The molecule has 0 unspecified atom stereocenters. The molecule has 0 spiro atoms. The van der Waals surface area contributed by atoms with Crippen LogP contribution in [0.4, 0.5) is 9.59 Å². The van der Waals surface area contributed by atoms with Gasteiger partial charge >= 0.3 is 24.1 Å².